The van der Waals surface area contributed by atoms with Crippen molar-refractivity contribution in [3.63, 3.8) is 0 Å². The van der Waals surface area contributed by atoms with E-state index in [1.807, 2.05) is 48.5 Å². The maximum absolute atomic E-state index is 12.2. The number of rotatable bonds is 7. The second-order valence-corrected chi connectivity index (χ2v) is 8.78. The summed E-state index contributed by atoms with van der Waals surface area (Å²) in [6.07, 6.45) is 0. The standard InChI is InChI=1S/C18H15N5O2S3/c1-25-12-7-8-13-14(9-12)27-16(20-13)21-15(24)10-26-18-23-22-17(28-18)19-11-5-3-2-4-6-11/h2-9H,10H2,1H3,(H,19,22)(H,20,21,24). The fourth-order valence-corrected chi connectivity index (χ4v) is 4.81. The first-order valence-electron chi connectivity index (χ1n) is 8.22. The number of fused-ring (bicyclic) bond motifs is 1. The largest absolute Gasteiger partial charge is 0.497 e. The van der Waals surface area contributed by atoms with E-state index < -0.39 is 0 Å². The van der Waals surface area contributed by atoms with Gasteiger partial charge in [-0.1, -0.05) is 52.6 Å². The molecular weight excluding hydrogens is 414 g/mol. The summed E-state index contributed by atoms with van der Waals surface area (Å²) in [6, 6.07) is 15.4. The van der Waals surface area contributed by atoms with Crippen molar-refractivity contribution >= 4 is 66.5 Å². The Morgan fingerprint density at radius 2 is 1.96 bits per heavy atom. The van der Waals surface area contributed by atoms with Crippen LogP contribution in [0.1, 0.15) is 0 Å². The predicted octanol–water partition coefficient (Wildman–Crippen LogP) is 4.63. The van der Waals surface area contributed by atoms with Gasteiger partial charge in [-0.05, 0) is 30.3 Å². The monoisotopic (exact) mass is 429 g/mol. The third-order valence-electron chi connectivity index (χ3n) is 3.60. The van der Waals surface area contributed by atoms with E-state index in [2.05, 4.69) is 25.8 Å². The average Bonchev–Trinajstić information content (AvgIpc) is 3.32. The van der Waals surface area contributed by atoms with Gasteiger partial charge in [0.2, 0.25) is 11.0 Å². The van der Waals surface area contributed by atoms with Crippen LogP contribution in [0.25, 0.3) is 10.2 Å². The zero-order chi connectivity index (χ0) is 19.3. The van der Waals surface area contributed by atoms with E-state index in [-0.39, 0.29) is 11.7 Å². The molecule has 2 aromatic carbocycles. The molecule has 2 N–H and O–H groups in total. The van der Waals surface area contributed by atoms with Gasteiger partial charge < -0.3 is 15.4 Å². The smallest absolute Gasteiger partial charge is 0.236 e. The number of aromatic nitrogens is 3. The Labute approximate surface area is 173 Å². The Hall–Kier alpha value is -2.69. The molecule has 0 spiro atoms. The van der Waals surface area contributed by atoms with E-state index >= 15 is 0 Å². The van der Waals surface area contributed by atoms with E-state index in [4.69, 9.17) is 4.74 Å². The van der Waals surface area contributed by atoms with Crippen molar-refractivity contribution in [1.82, 2.24) is 15.2 Å². The molecule has 0 radical (unpaired) electrons. The number of nitrogens with zero attached hydrogens (tertiary/aromatic N) is 3. The number of ether oxygens (including phenoxy) is 1. The number of nitrogens with one attached hydrogen (secondary N) is 2. The molecule has 4 aromatic rings. The molecule has 2 heterocycles. The Kier molecular flexibility index (Phi) is 5.70. The minimum absolute atomic E-state index is 0.135. The van der Waals surface area contributed by atoms with E-state index in [0.717, 1.165) is 26.0 Å². The maximum Gasteiger partial charge on any atom is 0.236 e. The lowest BCUT2D eigenvalue weighted by Crippen LogP contribution is -2.13. The fraction of sp³-hybridized carbons (Fsp3) is 0.111. The van der Waals surface area contributed by atoms with E-state index in [1.54, 1.807) is 7.11 Å². The maximum atomic E-state index is 12.2. The Morgan fingerprint density at radius 1 is 1.11 bits per heavy atom. The number of para-hydroxylation sites is 1. The van der Waals surface area contributed by atoms with Crippen molar-refractivity contribution in [2.24, 2.45) is 0 Å². The van der Waals surface area contributed by atoms with Gasteiger partial charge in [-0.15, -0.1) is 10.2 Å². The van der Waals surface area contributed by atoms with Crippen LogP contribution < -0.4 is 15.4 Å². The first-order chi connectivity index (χ1) is 13.7. The topological polar surface area (TPSA) is 89.0 Å². The molecule has 0 saturated heterocycles. The summed E-state index contributed by atoms with van der Waals surface area (Å²) in [4.78, 5) is 16.7. The van der Waals surface area contributed by atoms with Crippen molar-refractivity contribution in [1.29, 1.82) is 0 Å². The zero-order valence-electron chi connectivity index (χ0n) is 14.7. The van der Waals surface area contributed by atoms with Gasteiger partial charge in [0.1, 0.15) is 5.75 Å². The van der Waals surface area contributed by atoms with E-state index in [0.29, 0.717) is 10.3 Å². The number of amides is 1. The molecule has 2 aromatic heterocycles. The van der Waals surface area contributed by atoms with Gasteiger partial charge in [0, 0.05) is 5.69 Å². The molecule has 7 nitrogen and oxygen atoms in total. The summed E-state index contributed by atoms with van der Waals surface area (Å²) in [7, 11) is 1.62. The fourth-order valence-electron chi connectivity index (χ4n) is 2.33. The number of hydrogen-bond donors (Lipinski definition) is 2. The molecule has 0 saturated carbocycles. The van der Waals surface area contributed by atoms with Crippen LogP contribution >= 0.6 is 34.4 Å². The molecule has 0 aliphatic heterocycles. The Balaban J connectivity index is 1.32. The summed E-state index contributed by atoms with van der Waals surface area (Å²) < 4.78 is 6.90. The number of carbonyl (C=O) groups is 1. The molecular formula is C18H15N5O2S3. The lowest BCUT2D eigenvalue weighted by atomic mass is 10.3. The highest BCUT2D eigenvalue weighted by molar-refractivity contribution is 8.01. The lowest BCUT2D eigenvalue weighted by molar-refractivity contribution is -0.113. The second-order valence-electron chi connectivity index (χ2n) is 5.55. The third kappa shape index (κ3) is 4.58. The molecule has 10 heteroatoms. The van der Waals surface area contributed by atoms with Crippen molar-refractivity contribution in [2.75, 3.05) is 23.5 Å². The van der Waals surface area contributed by atoms with Crippen LogP contribution in [0.15, 0.2) is 52.9 Å². The van der Waals surface area contributed by atoms with Crippen molar-refractivity contribution in [3.8, 4) is 5.75 Å². The third-order valence-corrected chi connectivity index (χ3v) is 6.51. The zero-order valence-corrected chi connectivity index (χ0v) is 17.2. The minimum atomic E-state index is -0.135. The number of carbonyl (C=O) groups excluding carboxylic acids is 1. The van der Waals surface area contributed by atoms with Gasteiger partial charge in [0.05, 0.1) is 23.1 Å². The number of thioether (sulfide) groups is 1. The summed E-state index contributed by atoms with van der Waals surface area (Å²) >= 11 is 4.16. The molecule has 142 valence electrons. The van der Waals surface area contributed by atoms with Crippen molar-refractivity contribution in [2.45, 2.75) is 4.34 Å². The normalized spacial score (nSPS) is 10.8. The molecule has 1 amide bonds. The van der Waals surface area contributed by atoms with E-state index in [9.17, 15) is 4.79 Å². The number of thiazole rings is 1. The van der Waals surface area contributed by atoms with Crippen molar-refractivity contribution in [3.05, 3.63) is 48.5 Å². The van der Waals surface area contributed by atoms with Crippen LogP contribution in [0.4, 0.5) is 16.0 Å². The Bertz CT molecular complexity index is 1100. The average molecular weight is 430 g/mol. The molecule has 28 heavy (non-hydrogen) atoms. The van der Waals surface area contributed by atoms with Gasteiger partial charge in [-0.25, -0.2) is 4.98 Å². The molecule has 0 unspecified atom stereocenters. The highest BCUT2D eigenvalue weighted by Crippen LogP contribution is 2.30. The SMILES string of the molecule is COc1ccc2nc(NC(=O)CSc3nnc(Nc4ccccc4)s3)sc2c1. The van der Waals surface area contributed by atoms with Gasteiger partial charge >= 0.3 is 0 Å². The summed E-state index contributed by atoms with van der Waals surface area (Å²) in [5.74, 6) is 0.865. The number of methoxy groups -OCH3 is 1. The molecule has 0 aliphatic carbocycles. The predicted molar refractivity (Wildman–Crippen MR) is 115 cm³/mol. The minimum Gasteiger partial charge on any atom is -0.497 e. The van der Waals surface area contributed by atoms with Gasteiger partial charge in [-0.3, -0.25) is 4.79 Å². The summed E-state index contributed by atoms with van der Waals surface area (Å²) in [5, 5.41) is 15.5. The molecule has 0 fully saturated rings. The summed E-state index contributed by atoms with van der Waals surface area (Å²) in [6.45, 7) is 0. The molecule has 4 rings (SSSR count). The highest BCUT2D eigenvalue weighted by Gasteiger charge is 2.11. The number of anilines is 3. The molecule has 0 bridgehead atoms. The quantitative estimate of drug-likeness (QED) is 0.414. The van der Waals surface area contributed by atoms with E-state index in [1.165, 1.54) is 34.4 Å². The Morgan fingerprint density at radius 3 is 2.79 bits per heavy atom. The lowest BCUT2D eigenvalue weighted by Gasteiger charge is -2.00. The first-order valence-corrected chi connectivity index (χ1v) is 10.8. The van der Waals surface area contributed by atoms with Crippen LogP contribution in [0.3, 0.4) is 0 Å². The second kappa shape index (κ2) is 8.55. The van der Waals surface area contributed by atoms with Crippen LogP contribution in [0, 0.1) is 0 Å². The van der Waals surface area contributed by atoms with Crippen LogP contribution in [-0.2, 0) is 4.79 Å². The first kappa shape index (κ1) is 18.7. The number of hydrogen-bond acceptors (Lipinski definition) is 9. The van der Waals surface area contributed by atoms with Crippen LogP contribution in [0.2, 0.25) is 0 Å². The van der Waals surface area contributed by atoms with Gasteiger partial charge in [0.15, 0.2) is 9.47 Å². The number of benzene rings is 2. The van der Waals surface area contributed by atoms with Gasteiger partial charge in [0.25, 0.3) is 0 Å². The summed E-state index contributed by atoms with van der Waals surface area (Å²) in [5.41, 5.74) is 1.77. The van der Waals surface area contributed by atoms with Crippen molar-refractivity contribution < 1.29 is 9.53 Å². The van der Waals surface area contributed by atoms with Gasteiger partial charge in [-0.2, -0.15) is 0 Å². The van der Waals surface area contributed by atoms with Crippen LogP contribution in [0.5, 0.6) is 5.75 Å². The van der Waals surface area contributed by atoms with Crippen LogP contribution in [-0.4, -0.2) is 34.0 Å². The molecule has 0 atom stereocenters. The highest BCUT2D eigenvalue weighted by atomic mass is 32.2. The molecule has 0 aliphatic rings.